The summed E-state index contributed by atoms with van der Waals surface area (Å²) in [5.41, 5.74) is 6.29. The van der Waals surface area contributed by atoms with E-state index in [2.05, 4.69) is 14.9 Å². The van der Waals surface area contributed by atoms with E-state index in [0.29, 0.717) is 23.9 Å². The molecule has 2 bridgehead atoms. The molecule has 0 radical (unpaired) electrons. The van der Waals surface area contributed by atoms with Gasteiger partial charge in [0, 0.05) is 37.9 Å². The second-order valence-electron chi connectivity index (χ2n) is 7.61. The van der Waals surface area contributed by atoms with Gasteiger partial charge in [0.15, 0.2) is 0 Å². The summed E-state index contributed by atoms with van der Waals surface area (Å²) in [6, 6.07) is 9.97. The molecule has 30 heavy (non-hydrogen) atoms. The van der Waals surface area contributed by atoms with Crippen LogP contribution in [-0.2, 0) is 0 Å². The van der Waals surface area contributed by atoms with Gasteiger partial charge in [0.25, 0.3) is 5.19 Å². The molecular formula is C21H23N5O3S. The average molecular weight is 426 g/mol. The van der Waals surface area contributed by atoms with Gasteiger partial charge < -0.3 is 20.1 Å². The first kappa shape index (κ1) is 19.1. The predicted molar refractivity (Wildman–Crippen MR) is 114 cm³/mol. The number of hydrogen-bond donors (Lipinski definition) is 1. The van der Waals surface area contributed by atoms with E-state index in [0.717, 1.165) is 54.2 Å². The van der Waals surface area contributed by atoms with Crippen molar-refractivity contribution in [2.45, 2.75) is 24.9 Å². The minimum absolute atomic E-state index is 0.312. The molecule has 0 saturated carbocycles. The Balaban J connectivity index is 1.13. The summed E-state index contributed by atoms with van der Waals surface area (Å²) in [4.78, 5) is 24.2. The summed E-state index contributed by atoms with van der Waals surface area (Å²) >= 11 is 1.49. The topological polar surface area (TPSA) is 93.8 Å². The van der Waals surface area contributed by atoms with E-state index in [1.807, 2.05) is 30.3 Å². The molecule has 9 heteroatoms. The van der Waals surface area contributed by atoms with E-state index >= 15 is 0 Å². The van der Waals surface area contributed by atoms with Crippen LogP contribution in [0.1, 0.15) is 12.8 Å². The van der Waals surface area contributed by atoms with Crippen LogP contribution in [0.25, 0.3) is 10.2 Å². The van der Waals surface area contributed by atoms with E-state index in [9.17, 15) is 4.79 Å². The summed E-state index contributed by atoms with van der Waals surface area (Å²) in [7, 11) is 0. The summed E-state index contributed by atoms with van der Waals surface area (Å²) in [6.07, 6.45) is 5.71. The molecule has 5 rings (SSSR count). The monoisotopic (exact) mass is 425 g/mol. The molecule has 0 unspecified atom stereocenters. The van der Waals surface area contributed by atoms with Gasteiger partial charge in [-0.25, -0.2) is 9.78 Å². The fourth-order valence-corrected chi connectivity index (χ4v) is 5.11. The van der Waals surface area contributed by atoms with Crippen molar-refractivity contribution in [2.75, 3.05) is 26.2 Å². The number of primary amides is 1. The van der Waals surface area contributed by atoms with Gasteiger partial charge in [-0.05, 0) is 43.2 Å². The zero-order valence-corrected chi connectivity index (χ0v) is 17.3. The van der Waals surface area contributed by atoms with Crippen LogP contribution >= 0.6 is 11.3 Å². The van der Waals surface area contributed by atoms with Gasteiger partial charge in [0.1, 0.15) is 23.6 Å². The Morgan fingerprint density at radius 3 is 2.57 bits per heavy atom. The number of piperazine rings is 1. The van der Waals surface area contributed by atoms with E-state index in [4.69, 9.17) is 15.2 Å². The second kappa shape index (κ2) is 8.08. The molecule has 2 aliphatic heterocycles. The number of urea groups is 1. The molecule has 1 aromatic carbocycles. The molecule has 156 valence electrons. The van der Waals surface area contributed by atoms with Crippen LogP contribution in [0.2, 0.25) is 0 Å². The van der Waals surface area contributed by atoms with E-state index in [-0.39, 0.29) is 6.03 Å². The lowest BCUT2D eigenvalue weighted by molar-refractivity contribution is 0.0735. The molecule has 2 aliphatic rings. The van der Waals surface area contributed by atoms with Crippen LogP contribution in [-0.4, -0.2) is 64.1 Å². The number of hydrogen-bond acceptors (Lipinski definition) is 7. The molecule has 2 N–H and O–H groups in total. The third kappa shape index (κ3) is 3.90. The SMILES string of the molecule is NC(=O)N1C[C@H]2CC[C@H](C1)N2CCOc1ccc(Oc2nc3cnccc3s2)cc1. The van der Waals surface area contributed by atoms with E-state index in [1.165, 1.54) is 11.3 Å². The number of amides is 2. The largest absolute Gasteiger partial charge is 0.492 e. The fraction of sp³-hybridized carbons (Fsp3) is 0.381. The first-order valence-corrected chi connectivity index (χ1v) is 10.9. The number of ether oxygens (including phenoxy) is 2. The maximum Gasteiger partial charge on any atom is 0.314 e. The van der Waals surface area contributed by atoms with Crippen molar-refractivity contribution >= 4 is 27.6 Å². The highest BCUT2D eigenvalue weighted by Crippen LogP contribution is 2.32. The molecule has 2 aromatic heterocycles. The number of fused-ring (bicyclic) bond motifs is 3. The summed E-state index contributed by atoms with van der Waals surface area (Å²) in [5.74, 6) is 1.52. The lowest BCUT2D eigenvalue weighted by Crippen LogP contribution is -2.57. The fourth-order valence-electron chi connectivity index (χ4n) is 4.31. The average Bonchev–Trinajstić information content (AvgIpc) is 3.25. The van der Waals surface area contributed by atoms with E-state index < -0.39 is 0 Å². The van der Waals surface area contributed by atoms with Crippen molar-refractivity contribution in [1.82, 2.24) is 19.8 Å². The molecule has 2 saturated heterocycles. The van der Waals surface area contributed by atoms with Gasteiger partial charge in [0.05, 0.1) is 10.9 Å². The first-order valence-electron chi connectivity index (χ1n) is 10.1. The maximum atomic E-state index is 11.5. The number of thiazole rings is 1. The molecule has 4 heterocycles. The number of nitrogens with two attached hydrogens (primary N) is 1. The van der Waals surface area contributed by atoms with Gasteiger partial charge in [-0.15, -0.1) is 0 Å². The van der Waals surface area contributed by atoms with Crippen LogP contribution in [0, 0.1) is 0 Å². The van der Waals surface area contributed by atoms with Crippen LogP contribution < -0.4 is 15.2 Å². The van der Waals surface area contributed by atoms with Gasteiger partial charge >= 0.3 is 6.03 Å². The highest BCUT2D eigenvalue weighted by molar-refractivity contribution is 7.20. The smallest absolute Gasteiger partial charge is 0.314 e. The number of rotatable bonds is 6. The Hall–Kier alpha value is -2.91. The van der Waals surface area contributed by atoms with Crippen molar-refractivity contribution in [2.24, 2.45) is 5.73 Å². The highest BCUT2D eigenvalue weighted by Gasteiger charge is 2.40. The summed E-state index contributed by atoms with van der Waals surface area (Å²) in [6.45, 7) is 2.90. The Morgan fingerprint density at radius 1 is 1.13 bits per heavy atom. The number of carbonyl (C=O) groups is 1. The van der Waals surface area contributed by atoms with Crippen LogP contribution in [0.15, 0.2) is 42.7 Å². The molecule has 0 aliphatic carbocycles. The van der Waals surface area contributed by atoms with Crippen LogP contribution in [0.5, 0.6) is 16.7 Å². The predicted octanol–water partition coefficient (Wildman–Crippen LogP) is 3.09. The minimum atomic E-state index is -0.312. The Bertz CT molecular complexity index is 994. The zero-order valence-electron chi connectivity index (χ0n) is 16.4. The third-order valence-corrected chi connectivity index (χ3v) is 6.68. The molecular weight excluding hydrogens is 402 g/mol. The number of pyridine rings is 1. The summed E-state index contributed by atoms with van der Waals surface area (Å²) < 4.78 is 12.8. The van der Waals surface area contributed by atoms with Crippen LogP contribution in [0.3, 0.4) is 0 Å². The Labute approximate surface area is 178 Å². The molecule has 3 aromatic rings. The van der Waals surface area contributed by atoms with Crippen molar-refractivity contribution < 1.29 is 14.3 Å². The number of likely N-dealkylation sites (tertiary alicyclic amines) is 1. The minimum Gasteiger partial charge on any atom is -0.492 e. The van der Waals surface area contributed by atoms with Gasteiger partial charge in [-0.3, -0.25) is 9.88 Å². The van der Waals surface area contributed by atoms with Crippen molar-refractivity contribution in [3.63, 3.8) is 0 Å². The third-order valence-electron chi connectivity index (χ3n) is 5.76. The number of carbonyl (C=O) groups excluding carboxylic acids is 1. The lowest BCUT2D eigenvalue weighted by Gasteiger charge is -2.40. The maximum absolute atomic E-state index is 11.5. The zero-order chi connectivity index (χ0) is 20.5. The van der Waals surface area contributed by atoms with Gasteiger partial charge in [-0.2, -0.15) is 0 Å². The van der Waals surface area contributed by atoms with Crippen molar-refractivity contribution in [3.8, 4) is 16.7 Å². The Kier molecular flexibility index (Phi) is 5.14. The number of benzene rings is 1. The quantitative estimate of drug-likeness (QED) is 0.652. The molecule has 2 atom stereocenters. The normalized spacial score (nSPS) is 21.1. The number of nitrogens with zero attached hydrogens (tertiary/aromatic N) is 4. The highest BCUT2D eigenvalue weighted by atomic mass is 32.1. The van der Waals surface area contributed by atoms with E-state index in [1.54, 1.807) is 17.3 Å². The molecule has 8 nitrogen and oxygen atoms in total. The molecule has 0 spiro atoms. The van der Waals surface area contributed by atoms with Gasteiger partial charge in [0.2, 0.25) is 0 Å². The standard InChI is InChI=1S/C21H23N5O3S/c22-20(27)25-12-14-1-2-15(13-25)26(14)9-10-28-16-3-5-17(6-4-16)29-21-24-18-11-23-8-7-19(18)30-21/h3-8,11,14-15H,1-2,9-10,12-13H2,(H2,22,27)/t14-,15-/m1/s1. The van der Waals surface area contributed by atoms with Gasteiger partial charge in [-0.1, -0.05) is 11.3 Å². The second-order valence-corrected chi connectivity index (χ2v) is 8.60. The lowest BCUT2D eigenvalue weighted by atomic mass is 10.2. The van der Waals surface area contributed by atoms with Crippen molar-refractivity contribution in [1.29, 1.82) is 0 Å². The molecule has 2 fully saturated rings. The Morgan fingerprint density at radius 2 is 1.87 bits per heavy atom. The number of aromatic nitrogens is 2. The van der Waals surface area contributed by atoms with Crippen molar-refractivity contribution in [3.05, 3.63) is 42.7 Å². The molecule has 2 amide bonds. The van der Waals surface area contributed by atoms with Crippen LogP contribution in [0.4, 0.5) is 4.79 Å². The summed E-state index contributed by atoms with van der Waals surface area (Å²) in [5, 5.41) is 0.595. The first-order chi connectivity index (χ1) is 14.7.